The summed E-state index contributed by atoms with van der Waals surface area (Å²) >= 11 is 0. The van der Waals surface area contributed by atoms with Gasteiger partial charge in [-0.1, -0.05) is 30.3 Å². The van der Waals surface area contributed by atoms with E-state index in [4.69, 9.17) is 14.5 Å². The Labute approximate surface area is 315 Å². The highest BCUT2D eigenvalue weighted by molar-refractivity contribution is 5.99. The van der Waals surface area contributed by atoms with Crippen molar-refractivity contribution in [1.82, 2.24) is 29.7 Å². The molecule has 7 heterocycles. The van der Waals surface area contributed by atoms with Crippen LogP contribution in [0.15, 0.2) is 48.7 Å². The molecular formula is C40H40F4N8O3. The van der Waals surface area contributed by atoms with Gasteiger partial charge in [-0.3, -0.25) is 19.6 Å². The molecule has 5 saturated heterocycles. The van der Waals surface area contributed by atoms with Crippen LogP contribution in [-0.4, -0.2) is 124 Å². The molecule has 5 fully saturated rings. The van der Waals surface area contributed by atoms with Crippen LogP contribution in [0.1, 0.15) is 32.1 Å². The van der Waals surface area contributed by atoms with Crippen molar-refractivity contribution < 1.29 is 31.8 Å². The molecule has 15 heteroatoms. The zero-order valence-electron chi connectivity index (χ0n) is 30.1. The van der Waals surface area contributed by atoms with E-state index in [1.54, 1.807) is 23.1 Å². The highest BCUT2D eigenvalue weighted by Crippen LogP contribution is 2.41. The Morgan fingerprint density at radius 2 is 1.98 bits per heavy atom. The molecule has 4 aromatic rings. The molecule has 0 unspecified atom stereocenters. The normalized spacial score (nSPS) is 26.8. The molecule has 11 nitrogen and oxygen atoms in total. The summed E-state index contributed by atoms with van der Waals surface area (Å²) in [6, 6.07) is 9.08. The van der Waals surface area contributed by atoms with E-state index in [-0.39, 0.29) is 71.7 Å². The number of anilines is 1. The first-order chi connectivity index (χ1) is 26.7. The molecule has 2 bridgehead atoms. The largest absolute Gasteiger partial charge is 0.461 e. The standard InChI is InChI=1S/C40H40F4N8O3/c41-25-17-40(10-3-13-51(40)19-25)23-55-39-47-37-30(18-46-36(35(37)44)29-5-1-4-24-7-8-31(42)34(43)33(24)29)38(48-39)50-14-15-52(26(20-50)9-11-45)32(53)6-2-12-49-21-28-16-27(49)22-54-28/h1-2,4-8,18,25-28H,3,9-10,12-17,19-23H2/b6-2+/t25-,26+,27-,28-,40+/m1/s1. The Bertz CT molecular complexity index is 2240. The Hall–Kier alpha value is -4.91. The number of morpholine rings is 1. The van der Waals surface area contributed by atoms with Crippen LogP contribution < -0.4 is 9.64 Å². The number of aromatic nitrogens is 3. The number of carbonyl (C=O) groups excluding carboxylic acids is 1. The lowest BCUT2D eigenvalue weighted by Crippen LogP contribution is -2.55. The number of rotatable bonds is 9. The van der Waals surface area contributed by atoms with Crippen LogP contribution in [0.3, 0.4) is 0 Å². The Balaban J connectivity index is 1.05. The number of likely N-dealkylation sites (tertiary alicyclic amines) is 1. The van der Waals surface area contributed by atoms with E-state index in [2.05, 4.69) is 25.8 Å². The first-order valence-electron chi connectivity index (χ1n) is 18.9. The fraction of sp³-hybridized carbons (Fsp3) is 0.475. The van der Waals surface area contributed by atoms with Gasteiger partial charge in [0, 0.05) is 75.0 Å². The number of carbonyl (C=O) groups is 1. The van der Waals surface area contributed by atoms with Gasteiger partial charge in [-0.25, -0.2) is 17.6 Å². The smallest absolute Gasteiger partial charge is 0.319 e. The number of fused-ring (bicyclic) bond motifs is 5. The summed E-state index contributed by atoms with van der Waals surface area (Å²) in [7, 11) is 0. The Kier molecular flexibility index (Phi) is 9.30. The molecule has 0 radical (unpaired) electrons. The van der Waals surface area contributed by atoms with Gasteiger partial charge in [0.2, 0.25) is 5.91 Å². The maximum Gasteiger partial charge on any atom is 0.319 e. The van der Waals surface area contributed by atoms with E-state index in [9.17, 15) is 18.8 Å². The summed E-state index contributed by atoms with van der Waals surface area (Å²) in [6.45, 7) is 4.17. The topological polar surface area (TPSA) is 111 Å². The van der Waals surface area contributed by atoms with Gasteiger partial charge in [0.1, 0.15) is 29.8 Å². The van der Waals surface area contributed by atoms with Gasteiger partial charge in [-0.15, -0.1) is 0 Å². The van der Waals surface area contributed by atoms with Crippen molar-refractivity contribution in [3.8, 4) is 23.3 Å². The van der Waals surface area contributed by atoms with E-state index in [0.29, 0.717) is 49.9 Å². The first-order valence-corrected chi connectivity index (χ1v) is 18.9. The van der Waals surface area contributed by atoms with Crippen molar-refractivity contribution in [3.63, 3.8) is 0 Å². The fourth-order valence-corrected chi connectivity index (χ4v) is 9.37. The zero-order chi connectivity index (χ0) is 37.8. The van der Waals surface area contributed by atoms with Crippen LogP contribution in [0.5, 0.6) is 6.01 Å². The minimum absolute atomic E-state index is 0.0526. The van der Waals surface area contributed by atoms with Crippen molar-refractivity contribution in [3.05, 3.63) is 66.1 Å². The average Bonchev–Trinajstić information content (AvgIpc) is 3.97. The van der Waals surface area contributed by atoms with E-state index in [0.717, 1.165) is 38.4 Å². The van der Waals surface area contributed by atoms with Crippen molar-refractivity contribution >= 4 is 33.4 Å². The second-order valence-electron chi connectivity index (χ2n) is 15.3. The van der Waals surface area contributed by atoms with Crippen molar-refractivity contribution in [2.24, 2.45) is 0 Å². The van der Waals surface area contributed by atoms with Crippen LogP contribution in [-0.2, 0) is 9.53 Å². The molecule has 5 atom stereocenters. The predicted molar refractivity (Wildman–Crippen MR) is 195 cm³/mol. The highest BCUT2D eigenvalue weighted by atomic mass is 19.2. The van der Waals surface area contributed by atoms with E-state index >= 15 is 8.78 Å². The molecule has 0 aliphatic carbocycles. The monoisotopic (exact) mass is 756 g/mol. The molecular weight excluding hydrogens is 716 g/mol. The zero-order valence-corrected chi connectivity index (χ0v) is 30.1. The quantitative estimate of drug-likeness (QED) is 0.168. The Morgan fingerprint density at radius 1 is 1.09 bits per heavy atom. The second kappa shape index (κ2) is 14.3. The number of benzene rings is 2. The summed E-state index contributed by atoms with van der Waals surface area (Å²) in [5.41, 5.74) is -0.844. The summed E-state index contributed by atoms with van der Waals surface area (Å²) in [5, 5.41) is 10.3. The number of piperazine rings is 1. The number of hydrogen-bond donors (Lipinski definition) is 0. The number of pyridine rings is 1. The molecule has 286 valence electrons. The lowest BCUT2D eigenvalue weighted by Gasteiger charge is -2.41. The van der Waals surface area contributed by atoms with Gasteiger partial charge >= 0.3 is 6.01 Å². The molecule has 1 amide bonds. The number of hydrogen-bond acceptors (Lipinski definition) is 10. The molecule has 0 N–H and O–H groups in total. The number of nitriles is 1. The first kappa shape index (κ1) is 35.8. The maximum absolute atomic E-state index is 16.9. The van der Waals surface area contributed by atoms with Gasteiger partial charge in [0.05, 0.1) is 42.2 Å². The third-order valence-corrected chi connectivity index (χ3v) is 12.1. The van der Waals surface area contributed by atoms with E-state index in [1.807, 2.05) is 11.0 Å². The third-order valence-electron chi connectivity index (χ3n) is 12.1. The van der Waals surface area contributed by atoms with Crippen LogP contribution in [0.4, 0.5) is 23.4 Å². The summed E-state index contributed by atoms with van der Waals surface area (Å²) in [6.07, 6.45) is 7.14. The summed E-state index contributed by atoms with van der Waals surface area (Å²) in [4.78, 5) is 35.1. The van der Waals surface area contributed by atoms with Crippen molar-refractivity contribution in [2.45, 2.75) is 62.0 Å². The maximum atomic E-state index is 16.9. The van der Waals surface area contributed by atoms with Gasteiger partial charge < -0.3 is 19.3 Å². The van der Waals surface area contributed by atoms with E-state index in [1.165, 1.54) is 18.3 Å². The van der Waals surface area contributed by atoms with E-state index < -0.39 is 35.2 Å². The second-order valence-corrected chi connectivity index (χ2v) is 15.3. The average molecular weight is 757 g/mol. The summed E-state index contributed by atoms with van der Waals surface area (Å²) < 4.78 is 73.1. The number of amides is 1. The van der Waals surface area contributed by atoms with Gasteiger partial charge in [0.25, 0.3) is 0 Å². The predicted octanol–water partition coefficient (Wildman–Crippen LogP) is 5.18. The molecule has 5 aliphatic heterocycles. The molecule has 5 aliphatic rings. The number of halogens is 4. The van der Waals surface area contributed by atoms with Gasteiger partial charge in [0.15, 0.2) is 17.5 Å². The van der Waals surface area contributed by atoms with Crippen LogP contribution in [0.2, 0.25) is 0 Å². The van der Waals surface area contributed by atoms with Crippen molar-refractivity contribution in [1.29, 1.82) is 5.26 Å². The molecule has 0 saturated carbocycles. The Morgan fingerprint density at radius 3 is 2.80 bits per heavy atom. The minimum Gasteiger partial charge on any atom is -0.461 e. The third kappa shape index (κ3) is 6.43. The number of nitrogens with zero attached hydrogens (tertiary/aromatic N) is 8. The molecule has 2 aromatic carbocycles. The lowest BCUT2D eigenvalue weighted by molar-refractivity contribution is -0.128. The van der Waals surface area contributed by atoms with Gasteiger partial charge in [-0.2, -0.15) is 15.2 Å². The van der Waals surface area contributed by atoms with Crippen molar-refractivity contribution in [2.75, 3.05) is 63.9 Å². The lowest BCUT2D eigenvalue weighted by atomic mass is 9.95. The number of alkyl halides is 1. The fourth-order valence-electron chi connectivity index (χ4n) is 9.37. The van der Waals surface area contributed by atoms with Gasteiger partial charge in [-0.05, 0) is 37.3 Å². The molecule has 2 aromatic heterocycles. The summed E-state index contributed by atoms with van der Waals surface area (Å²) in [5.74, 6) is -2.97. The number of ether oxygens (including phenoxy) is 2. The minimum atomic E-state index is -1.12. The highest BCUT2D eigenvalue weighted by Gasteiger charge is 2.49. The van der Waals surface area contributed by atoms with Crippen LogP contribution in [0.25, 0.3) is 32.9 Å². The van der Waals surface area contributed by atoms with Crippen LogP contribution >= 0.6 is 0 Å². The van der Waals surface area contributed by atoms with Crippen LogP contribution in [0, 0.1) is 28.8 Å². The molecule has 55 heavy (non-hydrogen) atoms. The molecule has 9 rings (SSSR count). The SMILES string of the molecule is N#CC[C@H]1CN(c2nc(OC[C@@]34CCCN3C[C@H](F)C4)nc3c(F)c(-c4cccc5ccc(F)c(F)c45)ncc23)CCN1C(=O)/C=C/CN1C[C@H]2C[C@@H]1CO2. The molecule has 0 spiro atoms.